The molecule has 2 aromatic rings. The Kier molecular flexibility index (Phi) is 10.9. The van der Waals surface area contributed by atoms with Gasteiger partial charge in [0.2, 0.25) is 0 Å². The van der Waals surface area contributed by atoms with Crippen LogP contribution in [0.5, 0.6) is 11.5 Å². The minimum absolute atomic E-state index is 0.109. The van der Waals surface area contributed by atoms with Gasteiger partial charge in [0.15, 0.2) is 0 Å². The summed E-state index contributed by atoms with van der Waals surface area (Å²) in [6.45, 7) is 4.17. The van der Waals surface area contributed by atoms with Gasteiger partial charge in [0.25, 0.3) is 0 Å². The van der Waals surface area contributed by atoms with Crippen molar-refractivity contribution in [1.29, 1.82) is 0 Å². The lowest BCUT2D eigenvalue weighted by molar-refractivity contribution is -0.137. The van der Waals surface area contributed by atoms with Gasteiger partial charge < -0.3 is 24.6 Å². The fraction of sp³-hybridized carbons (Fsp3) is 0.500. The van der Waals surface area contributed by atoms with Gasteiger partial charge in [-0.05, 0) is 100 Å². The van der Waals surface area contributed by atoms with Gasteiger partial charge in [0.1, 0.15) is 11.5 Å². The maximum absolute atomic E-state index is 11.1. The molecule has 0 saturated carbocycles. The van der Waals surface area contributed by atoms with Crippen molar-refractivity contribution in [3.8, 4) is 11.5 Å². The third-order valence-electron chi connectivity index (χ3n) is 6.35. The van der Waals surface area contributed by atoms with E-state index in [0.717, 1.165) is 50.0 Å². The van der Waals surface area contributed by atoms with E-state index in [4.69, 9.17) is 19.7 Å². The molecule has 1 aliphatic heterocycles. The van der Waals surface area contributed by atoms with Crippen molar-refractivity contribution in [3.63, 3.8) is 0 Å². The molecule has 190 valence electrons. The Morgan fingerprint density at radius 3 is 2.37 bits per heavy atom. The molecule has 2 N–H and O–H groups in total. The lowest BCUT2D eigenvalue weighted by Crippen LogP contribution is -2.22. The number of rotatable bonds is 16. The average molecular weight is 484 g/mol. The third kappa shape index (κ3) is 9.61. The first-order valence-corrected chi connectivity index (χ1v) is 12.7. The summed E-state index contributed by atoms with van der Waals surface area (Å²) in [7, 11) is 0. The number of likely N-dealkylation sites (tertiary alicyclic amines) is 1. The van der Waals surface area contributed by atoms with Gasteiger partial charge in [-0.3, -0.25) is 4.79 Å². The van der Waals surface area contributed by atoms with Crippen molar-refractivity contribution in [2.75, 3.05) is 26.2 Å². The van der Waals surface area contributed by atoms with Crippen LogP contribution in [0, 0.1) is 0 Å². The van der Waals surface area contributed by atoms with Crippen LogP contribution in [0.4, 0.5) is 0 Å². The predicted molar refractivity (Wildman–Crippen MR) is 134 cm³/mol. The van der Waals surface area contributed by atoms with Crippen LogP contribution in [-0.2, 0) is 11.2 Å². The Bertz CT molecular complexity index is 923. The summed E-state index contributed by atoms with van der Waals surface area (Å²) in [5.74, 6) is -0.240. The first-order chi connectivity index (χ1) is 17.0. The minimum atomic E-state index is -0.973. The number of nitrogens with zero attached hydrogens (tertiary/aromatic N) is 1. The van der Waals surface area contributed by atoms with Gasteiger partial charge in [0.05, 0.1) is 18.3 Å². The van der Waals surface area contributed by atoms with Gasteiger partial charge in [0, 0.05) is 13.0 Å². The molecular formula is C28H37NO6. The molecule has 2 aromatic carbocycles. The second-order valence-corrected chi connectivity index (χ2v) is 9.11. The lowest BCUT2D eigenvalue weighted by Gasteiger charge is -2.20. The number of hydrogen-bond donors (Lipinski definition) is 2. The molecule has 35 heavy (non-hydrogen) atoms. The lowest BCUT2D eigenvalue weighted by atomic mass is 10.0. The molecule has 3 rings (SSSR count). The third-order valence-corrected chi connectivity index (χ3v) is 6.35. The summed E-state index contributed by atoms with van der Waals surface area (Å²) in [4.78, 5) is 24.5. The first-order valence-electron chi connectivity index (χ1n) is 12.7. The van der Waals surface area contributed by atoms with Crippen molar-refractivity contribution < 1.29 is 29.3 Å². The van der Waals surface area contributed by atoms with E-state index in [1.54, 1.807) is 12.1 Å². The molecule has 7 heteroatoms. The highest BCUT2D eigenvalue weighted by Crippen LogP contribution is 2.24. The number of hydrogen-bond acceptors (Lipinski definition) is 5. The molecule has 1 atom stereocenters. The van der Waals surface area contributed by atoms with E-state index in [9.17, 15) is 9.59 Å². The summed E-state index contributed by atoms with van der Waals surface area (Å²) in [6.07, 6.45) is 7.25. The van der Waals surface area contributed by atoms with Crippen LogP contribution in [0.15, 0.2) is 48.5 Å². The smallest absolute Gasteiger partial charge is 0.335 e. The molecule has 0 spiro atoms. The number of benzene rings is 2. The molecule has 0 bridgehead atoms. The normalized spacial score (nSPS) is 14.5. The minimum Gasteiger partial charge on any atom is -0.493 e. The van der Waals surface area contributed by atoms with Gasteiger partial charge in [-0.15, -0.1) is 0 Å². The van der Waals surface area contributed by atoms with Crippen LogP contribution in [0.25, 0.3) is 0 Å². The fourth-order valence-corrected chi connectivity index (χ4v) is 4.42. The van der Waals surface area contributed by atoms with Gasteiger partial charge >= 0.3 is 11.9 Å². The highest BCUT2D eigenvalue weighted by atomic mass is 16.5. The molecule has 1 fully saturated rings. The number of carboxylic acids is 2. The van der Waals surface area contributed by atoms with Gasteiger partial charge in [-0.2, -0.15) is 0 Å². The zero-order valence-electron chi connectivity index (χ0n) is 20.4. The molecule has 0 amide bonds. The Morgan fingerprint density at radius 2 is 1.66 bits per heavy atom. The van der Waals surface area contributed by atoms with Crippen molar-refractivity contribution >= 4 is 11.9 Å². The standard InChI is InChI=1S/C28H37NO6/c30-27(31)11-4-2-9-24(35-25-16-13-23(14-17-25)28(32)33)15-12-22-8-1-3-10-26(22)34-21-7-20-29-18-5-6-19-29/h1,3,8,10,13-14,16-17,24H,2,4-7,9,11-12,15,18-21H2,(H,30,31)(H,32,33). The number of para-hydroxylation sites is 1. The molecule has 1 heterocycles. The highest BCUT2D eigenvalue weighted by Gasteiger charge is 2.15. The topological polar surface area (TPSA) is 96.3 Å². The summed E-state index contributed by atoms with van der Waals surface area (Å²) in [6, 6.07) is 14.5. The average Bonchev–Trinajstić information content (AvgIpc) is 3.37. The molecular weight excluding hydrogens is 446 g/mol. The number of carbonyl (C=O) groups is 2. The van der Waals surface area contributed by atoms with Gasteiger partial charge in [-0.25, -0.2) is 4.79 Å². The van der Waals surface area contributed by atoms with Crippen LogP contribution in [0.3, 0.4) is 0 Å². The quantitative estimate of drug-likeness (QED) is 0.314. The van der Waals surface area contributed by atoms with Crippen LogP contribution >= 0.6 is 0 Å². The SMILES string of the molecule is O=C(O)CCCCC(CCc1ccccc1OCCCN1CCCC1)Oc1ccc(C(=O)O)cc1. The summed E-state index contributed by atoms with van der Waals surface area (Å²) in [5.41, 5.74) is 1.35. The zero-order valence-corrected chi connectivity index (χ0v) is 20.4. The van der Waals surface area contributed by atoms with Crippen LogP contribution in [0.1, 0.15) is 67.3 Å². The number of aliphatic carboxylic acids is 1. The number of unbranched alkanes of at least 4 members (excludes halogenated alkanes) is 1. The van der Waals surface area contributed by atoms with E-state index in [1.807, 2.05) is 18.2 Å². The predicted octanol–water partition coefficient (Wildman–Crippen LogP) is 5.27. The maximum Gasteiger partial charge on any atom is 0.335 e. The summed E-state index contributed by atoms with van der Waals surface area (Å²) in [5, 5.41) is 18.0. The Hall–Kier alpha value is -3.06. The molecule has 0 radical (unpaired) electrons. The fourth-order valence-electron chi connectivity index (χ4n) is 4.42. The number of aryl methyl sites for hydroxylation is 1. The largest absolute Gasteiger partial charge is 0.493 e. The number of ether oxygens (including phenoxy) is 2. The molecule has 1 aliphatic rings. The maximum atomic E-state index is 11.1. The molecule has 0 aliphatic carbocycles. The number of carboxylic acid groups (broad SMARTS) is 2. The zero-order chi connectivity index (χ0) is 24.9. The second-order valence-electron chi connectivity index (χ2n) is 9.11. The van der Waals surface area contributed by atoms with Crippen LogP contribution in [0.2, 0.25) is 0 Å². The second kappa shape index (κ2) is 14.4. The van der Waals surface area contributed by atoms with Crippen molar-refractivity contribution in [2.24, 2.45) is 0 Å². The van der Waals surface area contributed by atoms with Crippen molar-refractivity contribution in [1.82, 2.24) is 4.90 Å². The molecule has 1 saturated heterocycles. The van der Waals surface area contributed by atoms with E-state index in [0.29, 0.717) is 18.8 Å². The van der Waals surface area contributed by atoms with E-state index in [-0.39, 0.29) is 18.1 Å². The first kappa shape index (κ1) is 26.5. The Morgan fingerprint density at radius 1 is 0.914 bits per heavy atom. The van der Waals surface area contributed by atoms with Gasteiger partial charge in [-0.1, -0.05) is 18.2 Å². The monoisotopic (exact) mass is 483 g/mol. The summed E-state index contributed by atoms with van der Waals surface area (Å²) >= 11 is 0. The summed E-state index contributed by atoms with van der Waals surface area (Å²) < 4.78 is 12.3. The van der Waals surface area contributed by atoms with E-state index in [1.165, 1.54) is 38.1 Å². The number of aromatic carboxylic acids is 1. The van der Waals surface area contributed by atoms with Crippen molar-refractivity contribution in [2.45, 2.75) is 63.9 Å². The van der Waals surface area contributed by atoms with E-state index >= 15 is 0 Å². The Labute approximate surface area is 207 Å². The van der Waals surface area contributed by atoms with E-state index in [2.05, 4.69) is 11.0 Å². The molecule has 7 nitrogen and oxygen atoms in total. The van der Waals surface area contributed by atoms with Crippen LogP contribution in [-0.4, -0.2) is 59.4 Å². The molecule has 0 aromatic heterocycles. The van der Waals surface area contributed by atoms with Crippen molar-refractivity contribution in [3.05, 3.63) is 59.7 Å². The van der Waals surface area contributed by atoms with Crippen LogP contribution < -0.4 is 9.47 Å². The Balaban J connectivity index is 1.54. The van der Waals surface area contributed by atoms with E-state index < -0.39 is 11.9 Å². The highest BCUT2D eigenvalue weighted by molar-refractivity contribution is 5.87. The molecule has 1 unspecified atom stereocenters.